The van der Waals surface area contributed by atoms with Crippen molar-refractivity contribution >= 4 is 17.3 Å². The van der Waals surface area contributed by atoms with Crippen molar-refractivity contribution in [2.45, 2.75) is 13.3 Å². The van der Waals surface area contributed by atoms with Crippen LogP contribution in [0.1, 0.15) is 13.3 Å². The second-order valence-electron chi connectivity index (χ2n) is 4.14. The van der Waals surface area contributed by atoms with Crippen molar-refractivity contribution in [2.75, 3.05) is 32.2 Å². The number of methoxy groups -OCH3 is 2. The van der Waals surface area contributed by atoms with Gasteiger partial charge in [0.2, 0.25) is 0 Å². The van der Waals surface area contributed by atoms with E-state index >= 15 is 0 Å². The third-order valence-electron chi connectivity index (χ3n) is 2.98. The molecular weight excluding hydrogens is 283 g/mol. The Kier molecular flexibility index (Phi) is 5.89. The summed E-state index contributed by atoms with van der Waals surface area (Å²) in [5.41, 5.74) is -0.176. The molecule has 8 heteroatoms. The second-order valence-corrected chi connectivity index (χ2v) is 4.14. The zero-order valence-electron chi connectivity index (χ0n) is 12.1. The van der Waals surface area contributed by atoms with Crippen LogP contribution in [0.3, 0.4) is 0 Å². The van der Waals surface area contributed by atoms with Gasteiger partial charge in [0.1, 0.15) is 5.69 Å². The van der Waals surface area contributed by atoms with E-state index in [1.165, 1.54) is 20.3 Å². The molecule has 0 aromatic heterocycles. The molecule has 0 fully saturated rings. The van der Waals surface area contributed by atoms with Gasteiger partial charge in [0.05, 0.1) is 31.6 Å². The first-order valence-electron chi connectivity index (χ1n) is 6.28. The monoisotopic (exact) mass is 300 g/mol. The maximum atomic E-state index is 13.6. The molecule has 0 bridgehead atoms. The predicted octanol–water partition coefficient (Wildman–Crippen LogP) is 2.13. The number of halogens is 1. The van der Waals surface area contributed by atoms with Gasteiger partial charge in [-0.25, -0.2) is 4.39 Å². The number of ether oxygens (including phenoxy) is 2. The molecule has 21 heavy (non-hydrogen) atoms. The minimum atomic E-state index is -0.808. The molecule has 1 aromatic rings. The maximum absolute atomic E-state index is 13.6. The lowest BCUT2D eigenvalue weighted by molar-refractivity contribution is -0.384. The van der Waals surface area contributed by atoms with Crippen LogP contribution < -0.4 is 9.64 Å². The van der Waals surface area contributed by atoms with Crippen LogP contribution in [0.25, 0.3) is 0 Å². The van der Waals surface area contributed by atoms with E-state index in [0.29, 0.717) is 6.54 Å². The number of anilines is 1. The van der Waals surface area contributed by atoms with E-state index in [1.807, 2.05) is 0 Å². The first-order valence-corrected chi connectivity index (χ1v) is 6.28. The fourth-order valence-corrected chi connectivity index (χ4v) is 1.87. The van der Waals surface area contributed by atoms with Gasteiger partial charge in [-0.2, -0.15) is 0 Å². The van der Waals surface area contributed by atoms with Crippen LogP contribution in [0.4, 0.5) is 15.8 Å². The number of benzene rings is 1. The number of rotatable bonds is 7. The van der Waals surface area contributed by atoms with Crippen molar-refractivity contribution in [1.29, 1.82) is 0 Å². The molecule has 0 unspecified atom stereocenters. The highest BCUT2D eigenvalue weighted by atomic mass is 19.1. The van der Waals surface area contributed by atoms with E-state index in [1.54, 1.807) is 11.8 Å². The number of hydrogen-bond donors (Lipinski definition) is 0. The van der Waals surface area contributed by atoms with Crippen molar-refractivity contribution in [3.05, 3.63) is 28.1 Å². The molecule has 116 valence electrons. The average Bonchev–Trinajstić information content (AvgIpc) is 2.47. The highest BCUT2D eigenvalue weighted by Crippen LogP contribution is 2.34. The largest absolute Gasteiger partial charge is 0.494 e. The lowest BCUT2D eigenvalue weighted by atomic mass is 10.2. The molecule has 1 aromatic carbocycles. The van der Waals surface area contributed by atoms with Gasteiger partial charge < -0.3 is 14.4 Å². The Morgan fingerprint density at radius 3 is 2.57 bits per heavy atom. The summed E-state index contributed by atoms with van der Waals surface area (Å²) in [6.07, 6.45) is 0.0706. The number of nitro benzene ring substituents is 1. The summed E-state index contributed by atoms with van der Waals surface area (Å²) in [5, 5.41) is 11.1. The number of esters is 1. The highest BCUT2D eigenvalue weighted by Gasteiger charge is 2.23. The zero-order chi connectivity index (χ0) is 16.0. The maximum Gasteiger partial charge on any atom is 0.307 e. The summed E-state index contributed by atoms with van der Waals surface area (Å²) in [6, 6.07) is 2.07. The Morgan fingerprint density at radius 1 is 1.43 bits per heavy atom. The van der Waals surface area contributed by atoms with Gasteiger partial charge in [-0.15, -0.1) is 0 Å². The van der Waals surface area contributed by atoms with Gasteiger partial charge >= 0.3 is 5.97 Å². The molecule has 0 spiro atoms. The lowest BCUT2D eigenvalue weighted by Gasteiger charge is -2.22. The quantitative estimate of drug-likeness (QED) is 0.436. The summed E-state index contributed by atoms with van der Waals surface area (Å²) in [4.78, 5) is 23.2. The smallest absolute Gasteiger partial charge is 0.307 e. The van der Waals surface area contributed by atoms with Crippen LogP contribution in [0.15, 0.2) is 12.1 Å². The van der Waals surface area contributed by atoms with E-state index in [0.717, 1.165) is 6.07 Å². The fraction of sp³-hybridized carbons (Fsp3) is 0.462. The van der Waals surface area contributed by atoms with Crippen LogP contribution >= 0.6 is 0 Å². The van der Waals surface area contributed by atoms with Gasteiger partial charge in [0.25, 0.3) is 5.69 Å². The van der Waals surface area contributed by atoms with Crippen LogP contribution in [0, 0.1) is 15.9 Å². The van der Waals surface area contributed by atoms with Crippen LogP contribution in [-0.2, 0) is 9.53 Å². The minimum absolute atomic E-state index is 0.0706. The number of carbonyl (C=O) groups is 1. The van der Waals surface area contributed by atoms with Crippen molar-refractivity contribution in [3.63, 3.8) is 0 Å². The zero-order valence-corrected chi connectivity index (χ0v) is 12.1. The van der Waals surface area contributed by atoms with Crippen molar-refractivity contribution in [3.8, 4) is 5.75 Å². The first-order chi connectivity index (χ1) is 9.94. The van der Waals surface area contributed by atoms with Gasteiger partial charge in [-0.05, 0) is 6.92 Å². The van der Waals surface area contributed by atoms with Gasteiger partial charge in [-0.3, -0.25) is 14.9 Å². The summed E-state index contributed by atoms with van der Waals surface area (Å²) < 4.78 is 23.0. The second kappa shape index (κ2) is 7.41. The predicted molar refractivity (Wildman–Crippen MR) is 74.1 cm³/mol. The van der Waals surface area contributed by atoms with Crippen molar-refractivity contribution in [1.82, 2.24) is 0 Å². The summed E-state index contributed by atoms with van der Waals surface area (Å²) in [6.45, 7) is 2.41. The third-order valence-corrected chi connectivity index (χ3v) is 2.98. The van der Waals surface area contributed by atoms with E-state index in [2.05, 4.69) is 4.74 Å². The summed E-state index contributed by atoms with van der Waals surface area (Å²) in [7, 11) is 2.54. The molecule has 0 saturated heterocycles. The average molecular weight is 300 g/mol. The van der Waals surface area contributed by atoms with E-state index in [-0.39, 0.29) is 30.1 Å². The van der Waals surface area contributed by atoms with Crippen molar-refractivity contribution < 1.29 is 23.6 Å². The molecule has 0 aliphatic heterocycles. The topological polar surface area (TPSA) is 81.9 Å². The Bertz CT molecular complexity index is 536. The molecule has 0 aliphatic carbocycles. The third kappa shape index (κ3) is 4.04. The molecule has 0 atom stereocenters. The molecular formula is C13H17FN2O5. The fourth-order valence-electron chi connectivity index (χ4n) is 1.87. The van der Waals surface area contributed by atoms with E-state index in [9.17, 15) is 19.3 Å². The van der Waals surface area contributed by atoms with Gasteiger partial charge in [0, 0.05) is 19.2 Å². The molecule has 1 rings (SSSR count). The molecule has 0 radical (unpaired) electrons. The van der Waals surface area contributed by atoms with Crippen molar-refractivity contribution in [2.24, 2.45) is 0 Å². The van der Waals surface area contributed by atoms with Crippen LogP contribution in [0.2, 0.25) is 0 Å². The standard InChI is InChI=1S/C13H17FN2O5/c1-4-15(6-5-13(17)21-3)10-8-12(20-2)9(14)7-11(10)16(18)19/h7-8H,4-6H2,1-3H3. The Morgan fingerprint density at radius 2 is 2.10 bits per heavy atom. The number of hydrogen-bond acceptors (Lipinski definition) is 6. The molecule has 0 N–H and O–H groups in total. The number of carbonyl (C=O) groups excluding carboxylic acids is 1. The van der Waals surface area contributed by atoms with Gasteiger partial charge in [-0.1, -0.05) is 0 Å². The first kappa shape index (κ1) is 16.7. The highest BCUT2D eigenvalue weighted by molar-refractivity contribution is 5.71. The van der Waals surface area contributed by atoms with E-state index < -0.39 is 16.7 Å². The molecule has 0 heterocycles. The minimum Gasteiger partial charge on any atom is -0.494 e. The molecule has 7 nitrogen and oxygen atoms in total. The Balaban J connectivity index is 3.16. The Hall–Kier alpha value is -2.38. The number of nitro groups is 1. The molecule has 0 saturated carbocycles. The van der Waals surface area contributed by atoms with E-state index in [4.69, 9.17) is 4.74 Å². The van der Waals surface area contributed by atoms with Crippen LogP contribution in [0.5, 0.6) is 5.75 Å². The SMILES string of the molecule is CCN(CCC(=O)OC)c1cc(OC)c(F)cc1[N+](=O)[O-]. The Labute approximate surface area is 121 Å². The van der Waals surface area contributed by atoms with Crippen LogP contribution in [-0.4, -0.2) is 38.2 Å². The summed E-state index contributed by atoms with van der Waals surface area (Å²) in [5.74, 6) is -1.32. The molecule has 0 amide bonds. The lowest BCUT2D eigenvalue weighted by Crippen LogP contribution is -2.27. The normalized spacial score (nSPS) is 10.1. The number of nitrogens with zero attached hydrogens (tertiary/aromatic N) is 2. The summed E-state index contributed by atoms with van der Waals surface area (Å²) >= 11 is 0. The van der Waals surface area contributed by atoms with Gasteiger partial charge in [0.15, 0.2) is 11.6 Å². The molecule has 0 aliphatic rings.